The quantitative estimate of drug-likeness (QED) is 0.120. The van der Waals surface area contributed by atoms with Gasteiger partial charge in [-0.25, -0.2) is 72.5 Å². The van der Waals surface area contributed by atoms with Crippen LogP contribution in [0.15, 0.2) is 55.2 Å². The number of aliphatic imine (C=N–C) groups is 3. The van der Waals surface area contributed by atoms with Crippen LogP contribution in [0.5, 0.6) is 0 Å². The molecule has 0 saturated heterocycles. The molecule has 0 saturated carbocycles. The standard InChI is InChI=1S/C16H18ClN5O3S2.C15H20ClN3O6S2.C14H19BrClN3O4S2.2CH4/c1-9-5-4-6-12(19-9)20-14(23)11-7-10(17)13(26-11)16(2)8-27(24,25)22(3)15(18)21-16;1-14(2,3)25-13(22)17-12-18-15(4,7-27(23,24)19(12)5)10-8(16)6-9(26-10)11(20)21;1-13(2,3)23-12(20)17-11-18-14(4,7-25(21,22)19(11)5)10-8(16)6-9(15)24-10;;/h4-7H,8H2,1-3H3,(H2,18,21)(H,19,20,23);6H,7H2,1-5H3,(H,20,21)(H,17,18,22);6H,7H2,1-5H3,(H,17,18,20);2*1H4/t16-;15-;14-;;/m000../s1. The summed E-state index contributed by atoms with van der Waals surface area (Å²) < 4.78 is 88.8. The first-order valence-corrected chi connectivity index (χ1v) is 32.1. The van der Waals surface area contributed by atoms with E-state index >= 15 is 0 Å². The fourth-order valence-corrected chi connectivity index (χ4v) is 17.2. The normalized spacial score (nSPS) is 21.7. The Morgan fingerprint density at radius 3 is 1.41 bits per heavy atom. The van der Waals surface area contributed by atoms with Crippen molar-refractivity contribution in [1.82, 2.24) is 28.5 Å². The van der Waals surface area contributed by atoms with E-state index < -0.39 is 81.8 Å². The van der Waals surface area contributed by atoms with E-state index in [-0.39, 0.29) is 69.9 Å². The van der Waals surface area contributed by atoms with Crippen molar-refractivity contribution in [3.05, 3.63) is 85.3 Å². The molecule has 7 heterocycles. The van der Waals surface area contributed by atoms with Crippen LogP contribution in [0, 0.1) is 6.92 Å². The van der Waals surface area contributed by atoms with Crippen LogP contribution in [0.3, 0.4) is 0 Å². The summed E-state index contributed by atoms with van der Waals surface area (Å²) in [6.45, 7) is 16.8. The Balaban J connectivity index is 0.000000315. The van der Waals surface area contributed by atoms with Gasteiger partial charge in [0.15, 0.2) is 0 Å². The number of hydrogen-bond acceptors (Lipinski definition) is 20. The monoisotopic (exact) mass is 1370 g/mol. The van der Waals surface area contributed by atoms with Crippen molar-refractivity contribution in [3.8, 4) is 0 Å². The lowest BCUT2D eigenvalue weighted by Gasteiger charge is -2.35. The van der Waals surface area contributed by atoms with E-state index in [0.29, 0.717) is 25.5 Å². The molecule has 6 N–H and O–H groups in total. The van der Waals surface area contributed by atoms with Crippen LogP contribution in [-0.2, 0) is 56.2 Å². The van der Waals surface area contributed by atoms with Crippen molar-refractivity contribution >= 4 is 163 Å². The first-order chi connectivity index (χ1) is 35.9. The van der Waals surface area contributed by atoms with Crippen LogP contribution < -0.4 is 21.7 Å². The highest BCUT2D eigenvalue weighted by Gasteiger charge is 2.46. The van der Waals surface area contributed by atoms with Gasteiger partial charge in [-0.15, -0.1) is 34.0 Å². The number of thiophene rings is 3. The predicted molar refractivity (Wildman–Crippen MR) is 325 cm³/mol. The van der Waals surface area contributed by atoms with Crippen LogP contribution in [0.1, 0.15) is 117 Å². The van der Waals surface area contributed by atoms with E-state index in [1.807, 2.05) is 13.0 Å². The number of nitrogens with two attached hydrogens (primary N) is 1. The zero-order valence-electron chi connectivity index (χ0n) is 44.6. The summed E-state index contributed by atoms with van der Waals surface area (Å²) in [5.74, 6) is -2.60. The molecular formula is C47H65BrCl3N11O13S6. The molecule has 0 spiro atoms. The molecule has 3 atom stereocenters. The van der Waals surface area contributed by atoms with Crippen molar-refractivity contribution < 1.29 is 59.0 Å². The van der Waals surface area contributed by atoms with Gasteiger partial charge in [0.05, 0.1) is 55.6 Å². The number of rotatable bonds is 6. The fourth-order valence-electron chi connectivity index (χ4n) is 7.33. The van der Waals surface area contributed by atoms with Gasteiger partial charge in [0.25, 0.3) is 5.91 Å². The number of carboxylic acid groups (broad SMARTS) is 1. The maximum Gasteiger partial charge on any atom is 0.414 e. The van der Waals surface area contributed by atoms with E-state index in [9.17, 15) is 44.4 Å². The number of aryl methyl sites for hydroxylation is 1. The lowest BCUT2D eigenvalue weighted by molar-refractivity contribution is 0.0546. The number of aromatic carboxylic acids is 1. The number of sulfonamides is 3. The molecule has 0 unspecified atom stereocenters. The maximum atomic E-state index is 12.6. The average molecular weight is 1370 g/mol. The van der Waals surface area contributed by atoms with Crippen molar-refractivity contribution in [2.45, 2.75) is 112 Å². The first-order valence-electron chi connectivity index (χ1n) is 22.9. The minimum atomic E-state index is -3.85. The molecule has 3 aliphatic heterocycles. The summed E-state index contributed by atoms with van der Waals surface area (Å²) in [6.07, 6.45) is -1.65. The van der Waals surface area contributed by atoms with Gasteiger partial charge in [-0.1, -0.05) is 55.7 Å². The molecule has 4 aromatic heterocycles. The molecule has 34 heteroatoms. The lowest BCUT2D eigenvalue weighted by atomic mass is 10.0. The molecule has 0 fully saturated rings. The Hall–Kier alpha value is -4.86. The topological polar surface area (TPSA) is 331 Å². The number of alkyl carbamates (subject to hydrolysis) is 2. The van der Waals surface area contributed by atoms with E-state index in [4.69, 9.17) is 55.1 Å². The van der Waals surface area contributed by atoms with Crippen LogP contribution in [0.2, 0.25) is 15.1 Å². The summed E-state index contributed by atoms with van der Waals surface area (Å²) in [5, 5.41) is 17.4. The molecule has 0 bridgehead atoms. The van der Waals surface area contributed by atoms with Crippen LogP contribution >= 0.6 is 84.7 Å². The highest BCUT2D eigenvalue weighted by atomic mass is 79.9. The van der Waals surface area contributed by atoms with Crippen molar-refractivity contribution in [2.75, 3.05) is 43.7 Å². The molecular weight excluding hydrogens is 1310 g/mol. The maximum absolute atomic E-state index is 12.6. The highest BCUT2D eigenvalue weighted by Crippen LogP contribution is 2.45. The largest absolute Gasteiger partial charge is 0.477 e. The number of hydrogen-bond donors (Lipinski definition) is 5. The smallest absolute Gasteiger partial charge is 0.414 e. The van der Waals surface area contributed by atoms with Gasteiger partial charge >= 0.3 is 18.2 Å². The van der Waals surface area contributed by atoms with Crippen LogP contribution in [0.25, 0.3) is 0 Å². The number of carboxylic acids is 1. The Morgan fingerprint density at radius 1 is 0.654 bits per heavy atom. The number of carbonyl (C=O) groups is 4. The molecule has 81 heavy (non-hydrogen) atoms. The number of nitrogens with one attached hydrogen (secondary N) is 3. The van der Waals surface area contributed by atoms with E-state index in [2.05, 4.69) is 51.8 Å². The van der Waals surface area contributed by atoms with E-state index in [1.54, 1.807) is 73.6 Å². The number of pyridine rings is 1. The number of nitrogens with zero attached hydrogens (tertiary/aromatic N) is 7. The second kappa shape index (κ2) is 25.6. The lowest BCUT2D eigenvalue weighted by Crippen LogP contribution is -2.53. The number of carbonyl (C=O) groups excluding carboxylic acids is 3. The van der Waals surface area contributed by atoms with Gasteiger partial charge in [0, 0.05) is 26.8 Å². The van der Waals surface area contributed by atoms with Gasteiger partial charge in [-0.3, -0.25) is 15.4 Å². The highest BCUT2D eigenvalue weighted by molar-refractivity contribution is 9.11. The van der Waals surface area contributed by atoms with Crippen LogP contribution in [-0.4, -0.2) is 140 Å². The van der Waals surface area contributed by atoms with Gasteiger partial charge in [0.2, 0.25) is 47.9 Å². The average Bonchev–Trinajstić information content (AvgIpc) is 3.98. The molecule has 7 rings (SSSR count). The summed E-state index contributed by atoms with van der Waals surface area (Å²) in [6, 6.07) is 9.71. The molecule has 24 nitrogen and oxygen atoms in total. The Labute approximate surface area is 507 Å². The molecule has 0 radical (unpaired) electrons. The molecule has 3 aliphatic rings. The van der Waals surface area contributed by atoms with Crippen molar-refractivity contribution in [1.29, 1.82) is 0 Å². The summed E-state index contributed by atoms with van der Waals surface area (Å²) in [5.41, 5.74) is 1.38. The third kappa shape index (κ3) is 17.4. The predicted octanol–water partition coefficient (Wildman–Crippen LogP) is 9.44. The number of ether oxygens (including phenoxy) is 2. The minimum Gasteiger partial charge on any atom is -0.477 e. The van der Waals surface area contributed by atoms with E-state index in [0.717, 1.165) is 45.1 Å². The molecule has 0 aromatic carbocycles. The number of amides is 3. The Bertz CT molecular complexity index is 3530. The molecule has 450 valence electrons. The second-order valence-electron chi connectivity index (χ2n) is 20.3. The minimum absolute atomic E-state index is 0. The zero-order valence-corrected chi connectivity index (χ0v) is 53.4. The summed E-state index contributed by atoms with van der Waals surface area (Å²) >= 11 is 25.2. The number of guanidine groups is 3. The molecule has 4 aromatic rings. The SMILES string of the molecule is C.C.CN1C(NC(=O)OC(C)(C)C)=N[C@](C)(c2sc(Br)cc2Cl)CS1(=O)=O.CN1C(NC(=O)OC(C)(C)C)=N[C@](C)(c2sc(C(=O)O)cc2Cl)CS1(=O)=O.Cc1cccc(NC(=O)c2cc(Cl)c([C@]3(C)CS(=O)(=O)N(C)C(N)=N3)s2)n1. The number of anilines is 1. The summed E-state index contributed by atoms with van der Waals surface area (Å²) in [4.78, 5) is 66.8. The van der Waals surface area contributed by atoms with E-state index in [1.165, 1.54) is 51.5 Å². The van der Waals surface area contributed by atoms with Gasteiger partial charge in [-0.05, 0) is 115 Å². The van der Waals surface area contributed by atoms with Gasteiger partial charge in [-0.2, -0.15) is 0 Å². The Morgan fingerprint density at radius 2 is 1.04 bits per heavy atom. The zero-order chi connectivity index (χ0) is 60.0. The molecule has 0 aliphatic carbocycles. The van der Waals surface area contributed by atoms with Crippen molar-refractivity contribution in [2.24, 2.45) is 20.7 Å². The fraction of sp³-hybridized carbons (Fsp3) is 0.489. The molecule has 3 amide bonds. The van der Waals surface area contributed by atoms with Crippen LogP contribution in [0.4, 0.5) is 15.4 Å². The van der Waals surface area contributed by atoms with Gasteiger partial charge < -0.3 is 25.6 Å². The Kier molecular flexibility index (Phi) is 22.2. The third-order valence-corrected chi connectivity index (χ3v) is 22.6. The first kappa shape index (κ1) is 70.4. The second-order valence-corrected chi connectivity index (χ2v) is 32.1. The third-order valence-electron chi connectivity index (χ3n) is 10.9. The number of halogens is 4. The number of aromatic nitrogens is 1. The van der Waals surface area contributed by atoms with Gasteiger partial charge in [0.1, 0.15) is 38.5 Å². The summed E-state index contributed by atoms with van der Waals surface area (Å²) in [7, 11) is -7.25. The van der Waals surface area contributed by atoms with Crippen molar-refractivity contribution in [3.63, 3.8) is 0 Å².